The minimum atomic E-state index is 1.04. The minimum Gasteiger partial charge on any atom is -0.103 e. The van der Waals surface area contributed by atoms with Crippen molar-refractivity contribution in [2.45, 2.75) is 32.1 Å². The molecular formula is C13H16. The topological polar surface area (TPSA) is 0 Å². The van der Waals surface area contributed by atoms with Crippen molar-refractivity contribution in [2.75, 3.05) is 0 Å². The summed E-state index contributed by atoms with van der Waals surface area (Å²) in [5, 5.41) is 0. The highest BCUT2D eigenvalue weighted by Gasteiger charge is 2.13. The first-order valence-corrected chi connectivity index (χ1v) is 5.09. The van der Waals surface area contributed by atoms with Gasteiger partial charge in [0.2, 0.25) is 0 Å². The first-order chi connectivity index (χ1) is 6.40. The summed E-state index contributed by atoms with van der Waals surface area (Å²) in [6.45, 7) is 3.78. The molecule has 1 saturated carbocycles. The fourth-order valence-electron chi connectivity index (χ4n) is 2.09. The SMILES string of the molecule is C=CCC1=CC=C2CCCC2=CC1. The van der Waals surface area contributed by atoms with Gasteiger partial charge < -0.3 is 0 Å². The van der Waals surface area contributed by atoms with Crippen LogP contribution in [0.25, 0.3) is 0 Å². The Bertz CT molecular complexity index is 300. The lowest BCUT2D eigenvalue weighted by Gasteiger charge is -1.97. The number of allylic oxidation sites excluding steroid dienone is 7. The van der Waals surface area contributed by atoms with Gasteiger partial charge in [-0.3, -0.25) is 0 Å². The molecule has 2 rings (SSSR count). The Balaban J connectivity index is 2.19. The smallest absolute Gasteiger partial charge is 0.0127 e. The van der Waals surface area contributed by atoms with Crippen LogP contribution in [0.3, 0.4) is 0 Å². The third kappa shape index (κ3) is 1.82. The highest BCUT2D eigenvalue weighted by atomic mass is 14.2. The molecule has 0 aliphatic heterocycles. The Morgan fingerprint density at radius 2 is 2.08 bits per heavy atom. The van der Waals surface area contributed by atoms with E-state index in [-0.39, 0.29) is 0 Å². The average molecular weight is 172 g/mol. The summed E-state index contributed by atoms with van der Waals surface area (Å²) in [4.78, 5) is 0. The number of rotatable bonds is 2. The zero-order valence-electron chi connectivity index (χ0n) is 8.05. The van der Waals surface area contributed by atoms with E-state index in [1.165, 1.54) is 24.8 Å². The normalized spacial score (nSPS) is 21.1. The van der Waals surface area contributed by atoms with Crippen molar-refractivity contribution in [1.82, 2.24) is 0 Å². The Morgan fingerprint density at radius 3 is 2.92 bits per heavy atom. The summed E-state index contributed by atoms with van der Waals surface area (Å²) in [5.41, 5.74) is 4.65. The summed E-state index contributed by atoms with van der Waals surface area (Å²) >= 11 is 0. The van der Waals surface area contributed by atoms with E-state index in [4.69, 9.17) is 0 Å². The maximum Gasteiger partial charge on any atom is -0.0127 e. The zero-order chi connectivity index (χ0) is 9.10. The molecule has 0 saturated heterocycles. The fraction of sp³-hybridized carbons (Fsp3) is 0.385. The van der Waals surface area contributed by atoms with Crippen molar-refractivity contribution in [3.05, 3.63) is 47.6 Å². The van der Waals surface area contributed by atoms with Gasteiger partial charge in [-0.2, -0.15) is 0 Å². The molecule has 0 bridgehead atoms. The molecular weight excluding hydrogens is 156 g/mol. The van der Waals surface area contributed by atoms with E-state index in [9.17, 15) is 0 Å². The summed E-state index contributed by atoms with van der Waals surface area (Å²) in [6, 6.07) is 0. The minimum absolute atomic E-state index is 1.04. The summed E-state index contributed by atoms with van der Waals surface area (Å²) in [5.74, 6) is 0. The van der Waals surface area contributed by atoms with Crippen LogP contribution in [0, 0.1) is 0 Å². The van der Waals surface area contributed by atoms with Gasteiger partial charge in [-0.15, -0.1) is 6.58 Å². The first kappa shape index (κ1) is 8.55. The lowest BCUT2D eigenvalue weighted by molar-refractivity contribution is 0.928. The molecule has 0 aromatic rings. The summed E-state index contributed by atoms with van der Waals surface area (Å²) in [7, 11) is 0. The standard InChI is InChI=1S/C13H16/c1-2-4-11-7-9-12-5-3-6-13(12)10-8-11/h2,7,9-10H,1,3-6,8H2. The number of hydrogen-bond acceptors (Lipinski definition) is 0. The van der Waals surface area contributed by atoms with Crippen LogP contribution in [0.4, 0.5) is 0 Å². The van der Waals surface area contributed by atoms with Crippen LogP contribution in [0.1, 0.15) is 32.1 Å². The molecule has 0 amide bonds. The summed E-state index contributed by atoms with van der Waals surface area (Å²) in [6.07, 6.45) is 15.1. The number of hydrogen-bond donors (Lipinski definition) is 0. The predicted molar refractivity (Wildman–Crippen MR) is 57.5 cm³/mol. The van der Waals surface area contributed by atoms with Gasteiger partial charge in [0.1, 0.15) is 0 Å². The maximum absolute atomic E-state index is 3.78. The zero-order valence-corrected chi connectivity index (χ0v) is 8.05. The molecule has 0 unspecified atom stereocenters. The van der Waals surface area contributed by atoms with Crippen LogP contribution >= 0.6 is 0 Å². The number of fused-ring (bicyclic) bond motifs is 1. The molecule has 2 aliphatic rings. The molecule has 0 aromatic heterocycles. The largest absolute Gasteiger partial charge is 0.103 e. The van der Waals surface area contributed by atoms with Gasteiger partial charge in [0.15, 0.2) is 0 Å². The molecule has 0 nitrogen and oxygen atoms in total. The molecule has 0 atom stereocenters. The monoisotopic (exact) mass is 172 g/mol. The van der Waals surface area contributed by atoms with Crippen LogP contribution in [0.15, 0.2) is 47.6 Å². The molecule has 2 aliphatic carbocycles. The van der Waals surface area contributed by atoms with Crippen molar-refractivity contribution < 1.29 is 0 Å². The molecule has 0 radical (unpaired) electrons. The van der Waals surface area contributed by atoms with E-state index >= 15 is 0 Å². The highest BCUT2D eigenvalue weighted by molar-refractivity contribution is 5.41. The van der Waals surface area contributed by atoms with Crippen molar-refractivity contribution in [3.8, 4) is 0 Å². The van der Waals surface area contributed by atoms with E-state index in [2.05, 4.69) is 24.8 Å². The van der Waals surface area contributed by atoms with Crippen LogP contribution < -0.4 is 0 Å². The Hall–Kier alpha value is -1.04. The quantitative estimate of drug-likeness (QED) is 0.554. The molecule has 0 heteroatoms. The third-order valence-corrected chi connectivity index (χ3v) is 2.84. The van der Waals surface area contributed by atoms with Crippen LogP contribution in [-0.4, -0.2) is 0 Å². The van der Waals surface area contributed by atoms with Gasteiger partial charge in [-0.25, -0.2) is 0 Å². The fourth-order valence-corrected chi connectivity index (χ4v) is 2.09. The van der Waals surface area contributed by atoms with E-state index < -0.39 is 0 Å². The maximum atomic E-state index is 3.78. The lowest BCUT2D eigenvalue weighted by atomic mass is 10.1. The van der Waals surface area contributed by atoms with Crippen LogP contribution in [0.5, 0.6) is 0 Å². The highest BCUT2D eigenvalue weighted by Crippen LogP contribution is 2.33. The van der Waals surface area contributed by atoms with Gasteiger partial charge in [0, 0.05) is 0 Å². The molecule has 0 heterocycles. The average Bonchev–Trinajstić information content (AvgIpc) is 2.50. The Kier molecular flexibility index (Phi) is 2.49. The molecule has 0 aromatic carbocycles. The van der Waals surface area contributed by atoms with E-state index in [0.29, 0.717) is 0 Å². The van der Waals surface area contributed by atoms with Gasteiger partial charge in [0.25, 0.3) is 0 Å². The second-order valence-corrected chi connectivity index (χ2v) is 3.80. The molecule has 0 spiro atoms. The second-order valence-electron chi connectivity index (χ2n) is 3.80. The van der Waals surface area contributed by atoms with Gasteiger partial charge in [0.05, 0.1) is 0 Å². The molecule has 1 fully saturated rings. The van der Waals surface area contributed by atoms with E-state index in [1.54, 1.807) is 11.1 Å². The second kappa shape index (κ2) is 3.78. The van der Waals surface area contributed by atoms with Gasteiger partial charge in [-0.05, 0) is 43.3 Å². The molecule has 68 valence electrons. The van der Waals surface area contributed by atoms with Gasteiger partial charge in [-0.1, -0.05) is 29.9 Å². The van der Waals surface area contributed by atoms with Crippen molar-refractivity contribution in [1.29, 1.82) is 0 Å². The summed E-state index contributed by atoms with van der Waals surface area (Å²) < 4.78 is 0. The Morgan fingerprint density at radius 1 is 1.23 bits per heavy atom. The van der Waals surface area contributed by atoms with Gasteiger partial charge >= 0.3 is 0 Å². The van der Waals surface area contributed by atoms with Crippen LogP contribution in [0.2, 0.25) is 0 Å². The van der Waals surface area contributed by atoms with E-state index in [1.807, 2.05) is 6.08 Å². The first-order valence-electron chi connectivity index (χ1n) is 5.09. The molecule has 0 N–H and O–H groups in total. The Labute approximate surface area is 80.3 Å². The lowest BCUT2D eigenvalue weighted by Crippen LogP contribution is -1.78. The molecule has 13 heavy (non-hydrogen) atoms. The van der Waals surface area contributed by atoms with Crippen molar-refractivity contribution in [2.24, 2.45) is 0 Å². The van der Waals surface area contributed by atoms with Crippen molar-refractivity contribution >= 4 is 0 Å². The van der Waals surface area contributed by atoms with Crippen LogP contribution in [-0.2, 0) is 0 Å². The van der Waals surface area contributed by atoms with E-state index in [0.717, 1.165) is 12.8 Å². The van der Waals surface area contributed by atoms with Crippen molar-refractivity contribution in [3.63, 3.8) is 0 Å². The third-order valence-electron chi connectivity index (χ3n) is 2.84. The predicted octanol–water partition coefficient (Wildman–Crippen LogP) is 3.93.